The summed E-state index contributed by atoms with van der Waals surface area (Å²) in [5.41, 5.74) is 10.1. The molecule has 1 aromatic heterocycles. The highest BCUT2D eigenvalue weighted by Crippen LogP contribution is 2.28. The molecule has 4 rings (SSSR count). The quantitative estimate of drug-likeness (QED) is 0.318. The number of aromatic hydroxyl groups is 1. The van der Waals surface area contributed by atoms with Gasteiger partial charge in [0.2, 0.25) is 0 Å². The van der Waals surface area contributed by atoms with E-state index in [0.717, 1.165) is 22.4 Å². The summed E-state index contributed by atoms with van der Waals surface area (Å²) in [7, 11) is -2.94. The Balaban J connectivity index is 1.46. The number of nitrogens with one attached hydrogen (secondary N) is 3. The van der Waals surface area contributed by atoms with E-state index in [2.05, 4.69) is 20.8 Å². The normalized spacial score (nSPS) is 15.1. The largest absolute Gasteiger partial charge is 0.507 e. The lowest BCUT2D eigenvalue weighted by molar-refractivity contribution is 0.100. The topological polar surface area (TPSA) is 153 Å². The fourth-order valence-electron chi connectivity index (χ4n) is 4.16. The molecule has 0 atom stereocenters. The number of sulfone groups is 1. The second-order valence-corrected chi connectivity index (χ2v) is 10.9. The highest BCUT2D eigenvalue weighted by molar-refractivity contribution is 7.91. The van der Waals surface area contributed by atoms with Crippen LogP contribution in [0, 0.1) is 6.92 Å². The van der Waals surface area contributed by atoms with Gasteiger partial charge >= 0.3 is 0 Å². The number of nitrogens with zero attached hydrogens (tertiary/aromatic N) is 2. The number of aromatic amines is 1. The molecule has 1 amide bonds. The minimum absolute atomic E-state index is 0.154. The molecule has 10 nitrogen and oxygen atoms in total. The van der Waals surface area contributed by atoms with Crippen LogP contribution >= 0.6 is 0 Å². The maximum Gasteiger partial charge on any atom is 0.256 e. The number of phenolic OH excluding ortho intramolecular Hbond substituents is 1. The molecule has 0 unspecified atom stereocenters. The minimum Gasteiger partial charge on any atom is -0.507 e. The van der Waals surface area contributed by atoms with Crippen LogP contribution in [0.25, 0.3) is 0 Å². The molecule has 2 heterocycles. The van der Waals surface area contributed by atoms with Crippen molar-refractivity contribution in [3.63, 3.8) is 0 Å². The molecular weight excluding hydrogens is 468 g/mol. The van der Waals surface area contributed by atoms with E-state index in [9.17, 15) is 18.3 Å². The molecule has 0 aliphatic carbocycles. The first-order chi connectivity index (χ1) is 16.7. The molecule has 0 saturated carbocycles. The van der Waals surface area contributed by atoms with E-state index >= 15 is 0 Å². The summed E-state index contributed by atoms with van der Waals surface area (Å²) in [6, 6.07) is 11.3. The van der Waals surface area contributed by atoms with Gasteiger partial charge in [-0.1, -0.05) is 19.1 Å². The van der Waals surface area contributed by atoms with Gasteiger partial charge in [-0.3, -0.25) is 9.89 Å². The molecule has 1 saturated heterocycles. The molecule has 1 aliphatic heterocycles. The zero-order valence-electron chi connectivity index (χ0n) is 19.8. The first-order valence-electron chi connectivity index (χ1n) is 11.4. The van der Waals surface area contributed by atoms with Gasteiger partial charge in [-0.05, 0) is 54.3 Å². The van der Waals surface area contributed by atoms with Gasteiger partial charge in [0.25, 0.3) is 5.91 Å². The van der Waals surface area contributed by atoms with Crippen molar-refractivity contribution in [1.82, 2.24) is 10.2 Å². The molecule has 2 aromatic carbocycles. The highest BCUT2D eigenvalue weighted by Gasteiger charge is 2.22. The van der Waals surface area contributed by atoms with E-state index in [-0.39, 0.29) is 17.1 Å². The maximum atomic E-state index is 12.2. The number of nitrogens with two attached hydrogens (primary N) is 1. The SMILES string of the molecule is CCc1cc(CNc2[nH]nc(Nc3ccc(N4CCS(=O)(=O)CC4)cc3)c2C(N)=O)cc(C)c1O. The lowest BCUT2D eigenvalue weighted by atomic mass is 10.0. The summed E-state index contributed by atoms with van der Waals surface area (Å²) >= 11 is 0. The van der Waals surface area contributed by atoms with Crippen LogP contribution in [0.4, 0.5) is 23.0 Å². The molecule has 3 aromatic rings. The predicted molar refractivity (Wildman–Crippen MR) is 137 cm³/mol. The molecule has 0 radical (unpaired) electrons. The number of rotatable bonds is 8. The lowest BCUT2D eigenvalue weighted by Gasteiger charge is -2.28. The molecule has 1 aliphatic rings. The van der Waals surface area contributed by atoms with Crippen LogP contribution in [0.2, 0.25) is 0 Å². The zero-order valence-corrected chi connectivity index (χ0v) is 20.6. The Kier molecular flexibility index (Phi) is 6.88. The number of phenols is 1. The Morgan fingerprint density at radius 3 is 2.51 bits per heavy atom. The molecule has 0 spiro atoms. The van der Waals surface area contributed by atoms with Crippen LogP contribution in [0.15, 0.2) is 36.4 Å². The van der Waals surface area contributed by atoms with Gasteiger partial charge in [0.05, 0.1) is 11.5 Å². The molecule has 35 heavy (non-hydrogen) atoms. The van der Waals surface area contributed by atoms with Gasteiger partial charge in [0, 0.05) is 31.0 Å². The Bertz CT molecular complexity index is 1320. The van der Waals surface area contributed by atoms with Gasteiger partial charge in [-0.2, -0.15) is 5.10 Å². The molecule has 6 N–H and O–H groups in total. The number of primary amides is 1. The summed E-state index contributed by atoms with van der Waals surface area (Å²) < 4.78 is 23.3. The summed E-state index contributed by atoms with van der Waals surface area (Å²) in [4.78, 5) is 14.2. The van der Waals surface area contributed by atoms with Gasteiger partial charge in [-0.15, -0.1) is 0 Å². The smallest absolute Gasteiger partial charge is 0.256 e. The van der Waals surface area contributed by atoms with Crippen LogP contribution in [-0.2, 0) is 22.8 Å². The van der Waals surface area contributed by atoms with Gasteiger partial charge in [0.15, 0.2) is 15.7 Å². The first-order valence-corrected chi connectivity index (χ1v) is 13.2. The van der Waals surface area contributed by atoms with E-state index < -0.39 is 15.7 Å². The second-order valence-electron chi connectivity index (χ2n) is 8.62. The predicted octanol–water partition coefficient (Wildman–Crippen LogP) is 2.68. The van der Waals surface area contributed by atoms with Crippen LogP contribution in [0.1, 0.15) is 34.0 Å². The van der Waals surface area contributed by atoms with E-state index in [1.54, 1.807) is 0 Å². The highest BCUT2D eigenvalue weighted by atomic mass is 32.2. The van der Waals surface area contributed by atoms with Crippen LogP contribution in [0.5, 0.6) is 5.75 Å². The van der Waals surface area contributed by atoms with E-state index in [1.165, 1.54) is 0 Å². The van der Waals surface area contributed by atoms with Gasteiger partial charge < -0.3 is 26.4 Å². The lowest BCUT2D eigenvalue weighted by Crippen LogP contribution is -2.40. The molecular formula is C24H30N6O4S. The number of anilines is 4. The van der Waals surface area contributed by atoms with Crippen molar-refractivity contribution in [2.45, 2.75) is 26.8 Å². The zero-order chi connectivity index (χ0) is 25.2. The molecule has 1 fully saturated rings. The summed E-state index contributed by atoms with van der Waals surface area (Å²) in [5, 5.41) is 23.5. The van der Waals surface area contributed by atoms with Crippen LogP contribution in [0.3, 0.4) is 0 Å². The fourth-order valence-corrected chi connectivity index (χ4v) is 5.36. The molecule has 11 heteroatoms. The van der Waals surface area contributed by atoms with Gasteiger partial charge in [0.1, 0.15) is 17.1 Å². The third kappa shape index (κ3) is 5.51. The number of aryl methyl sites for hydroxylation is 2. The van der Waals surface area contributed by atoms with E-state index in [4.69, 9.17) is 5.73 Å². The average molecular weight is 499 g/mol. The third-order valence-electron chi connectivity index (χ3n) is 6.14. The number of benzene rings is 2. The van der Waals surface area contributed by atoms with Gasteiger partial charge in [-0.25, -0.2) is 8.42 Å². The van der Waals surface area contributed by atoms with Crippen molar-refractivity contribution >= 4 is 38.8 Å². The number of amides is 1. The molecule has 186 valence electrons. The molecule has 0 bridgehead atoms. The Labute approximate surface area is 204 Å². The number of H-pyrrole nitrogens is 1. The number of hydrogen-bond acceptors (Lipinski definition) is 8. The minimum atomic E-state index is -2.94. The van der Waals surface area contributed by atoms with Crippen LogP contribution in [-0.4, -0.2) is 54.2 Å². The number of carbonyl (C=O) groups is 1. The van der Waals surface area contributed by atoms with Crippen molar-refractivity contribution in [3.05, 3.63) is 58.7 Å². The standard InChI is InChI=1S/C24H30N6O4S/c1-3-17-13-16(12-15(2)21(17)31)14-26-23-20(22(25)32)24(29-28-23)27-18-4-6-19(7-5-18)30-8-10-35(33,34)11-9-30/h4-7,12-13,31H,3,8-11,14H2,1-2H3,(H2,25,32)(H3,26,27,28,29). The first kappa shape index (κ1) is 24.4. The monoisotopic (exact) mass is 498 g/mol. The van der Waals surface area contributed by atoms with Crippen molar-refractivity contribution in [2.24, 2.45) is 5.73 Å². The maximum absolute atomic E-state index is 12.2. The second kappa shape index (κ2) is 9.87. The van der Waals surface area contributed by atoms with Crippen molar-refractivity contribution in [2.75, 3.05) is 40.1 Å². The van der Waals surface area contributed by atoms with Crippen molar-refractivity contribution in [1.29, 1.82) is 0 Å². The van der Waals surface area contributed by atoms with Crippen molar-refractivity contribution < 1.29 is 18.3 Å². The number of aromatic nitrogens is 2. The van der Waals surface area contributed by atoms with E-state index in [0.29, 0.717) is 49.1 Å². The van der Waals surface area contributed by atoms with Crippen molar-refractivity contribution in [3.8, 4) is 5.75 Å². The fraction of sp³-hybridized carbons (Fsp3) is 0.333. The summed E-state index contributed by atoms with van der Waals surface area (Å²) in [6.07, 6.45) is 0.709. The Morgan fingerprint density at radius 1 is 1.20 bits per heavy atom. The number of hydrogen-bond donors (Lipinski definition) is 5. The summed E-state index contributed by atoms with van der Waals surface area (Å²) in [6.45, 7) is 5.18. The number of carbonyl (C=O) groups excluding carboxylic acids is 1. The summed E-state index contributed by atoms with van der Waals surface area (Å²) in [5.74, 6) is 0.676. The third-order valence-corrected chi connectivity index (χ3v) is 7.75. The van der Waals surface area contributed by atoms with E-state index in [1.807, 2.05) is 55.1 Å². The Morgan fingerprint density at radius 2 is 1.89 bits per heavy atom. The Hall–Kier alpha value is -3.73. The average Bonchev–Trinajstić information content (AvgIpc) is 3.23. The van der Waals surface area contributed by atoms with Crippen LogP contribution < -0.4 is 21.3 Å².